The van der Waals surface area contributed by atoms with E-state index in [-0.39, 0.29) is 6.61 Å². The Balaban J connectivity index is 4.14. The lowest BCUT2D eigenvalue weighted by Crippen LogP contribution is -2.48. The number of carbonyl (C=O) groups is 4. The van der Waals surface area contributed by atoms with Crippen molar-refractivity contribution < 1.29 is 34.1 Å². The molecule has 0 bridgehead atoms. The fourth-order valence-electron chi connectivity index (χ4n) is 0.948. The standard InChI is InChI=1S/C9H14N2O7/c1-2-18-7(14)4-10-9(17)11-5(8(15)16)3-6(12)13/h5H,2-4H2,1H3,(H,12,13)(H,15,16)(H2,10,11,17). The second-order valence-electron chi connectivity index (χ2n) is 3.12. The molecule has 0 spiro atoms. The molecule has 0 aliphatic heterocycles. The Morgan fingerprint density at radius 3 is 2.28 bits per heavy atom. The summed E-state index contributed by atoms with van der Waals surface area (Å²) in [5, 5.41) is 21.0. The minimum atomic E-state index is -1.57. The first-order chi connectivity index (χ1) is 8.36. The number of nitrogens with one attached hydrogen (secondary N) is 2. The summed E-state index contributed by atoms with van der Waals surface area (Å²) >= 11 is 0. The maximum Gasteiger partial charge on any atom is 0.326 e. The van der Waals surface area contributed by atoms with Crippen molar-refractivity contribution >= 4 is 23.9 Å². The third-order valence-electron chi connectivity index (χ3n) is 1.68. The second kappa shape index (κ2) is 7.87. The van der Waals surface area contributed by atoms with Gasteiger partial charge in [0.05, 0.1) is 13.0 Å². The lowest BCUT2D eigenvalue weighted by atomic mass is 10.2. The molecular formula is C9H14N2O7. The Labute approximate surface area is 102 Å². The highest BCUT2D eigenvalue weighted by molar-refractivity contribution is 5.87. The van der Waals surface area contributed by atoms with Gasteiger partial charge in [-0.05, 0) is 6.92 Å². The predicted molar refractivity (Wildman–Crippen MR) is 56.8 cm³/mol. The fourth-order valence-corrected chi connectivity index (χ4v) is 0.948. The normalized spacial score (nSPS) is 11.2. The molecule has 0 heterocycles. The second-order valence-corrected chi connectivity index (χ2v) is 3.12. The predicted octanol–water partition coefficient (Wildman–Crippen LogP) is -1.22. The van der Waals surface area contributed by atoms with E-state index in [2.05, 4.69) is 4.74 Å². The van der Waals surface area contributed by atoms with E-state index in [1.54, 1.807) is 6.92 Å². The first-order valence-electron chi connectivity index (χ1n) is 5.01. The van der Waals surface area contributed by atoms with Gasteiger partial charge in [-0.3, -0.25) is 9.59 Å². The number of carbonyl (C=O) groups excluding carboxylic acids is 2. The number of hydrogen-bond acceptors (Lipinski definition) is 5. The summed E-state index contributed by atoms with van der Waals surface area (Å²) in [6, 6.07) is -2.53. The maximum atomic E-state index is 11.2. The number of urea groups is 1. The van der Waals surface area contributed by atoms with Crippen LogP contribution in [0.4, 0.5) is 4.79 Å². The summed E-state index contributed by atoms with van der Waals surface area (Å²) in [7, 11) is 0. The van der Waals surface area contributed by atoms with Gasteiger partial charge in [-0.2, -0.15) is 0 Å². The van der Waals surface area contributed by atoms with E-state index in [0.29, 0.717) is 0 Å². The SMILES string of the molecule is CCOC(=O)CNC(=O)NC(CC(=O)O)C(=O)O. The van der Waals surface area contributed by atoms with E-state index >= 15 is 0 Å². The monoisotopic (exact) mass is 262 g/mol. The van der Waals surface area contributed by atoms with Crippen molar-refractivity contribution in [1.29, 1.82) is 0 Å². The minimum absolute atomic E-state index is 0.152. The quantitative estimate of drug-likeness (QED) is 0.421. The third kappa shape index (κ3) is 7.04. The summed E-state index contributed by atoms with van der Waals surface area (Å²) in [5.41, 5.74) is 0. The van der Waals surface area contributed by atoms with Crippen LogP contribution in [0.2, 0.25) is 0 Å². The van der Waals surface area contributed by atoms with E-state index in [4.69, 9.17) is 10.2 Å². The number of carboxylic acids is 2. The Kier molecular flexibility index (Phi) is 6.86. The number of amides is 2. The van der Waals surface area contributed by atoms with Crippen LogP contribution in [0.5, 0.6) is 0 Å². The zero-order chi connectivity index (χ0) is 14.1. The van der Waals surface area contributed by atoms with Crippen LogP contribution in [0.1, 0.15) is 13.3 Å². The van der Waals surface area contributed by atoms with Gasteiger partial charge < -0.3 is 25.6 Å². The smallest absolute Gasteiger partial charge is 0.326 e. The van der Waals surface area contributed by atoms with Gasteiger partial charge in [0, 0.05) is 0 Å². The van der Waals surface area contributed by atoms with Gasteiger partial charge in [0.25, 0.3) is 0 Å². The van der Waals surface area contributed by atoms with Crippen LogP contribution in [0.15, 0.2) is 0 Å². The lowest BCUT2D eigenvalue weighted by Gasteiger charge is -2.12. The first-order valence-corrected chi connectivity index (χ1v) is 5.01. The highest BCUT2D eigenvalue weighted by atomic mass is 16.5. The Bertz CT molecular complexity index is 342. The summed E-state index contributed by atoms with van der Waals surface area (Å²) in [5.74, 6) is -3.53. The van der Waals surface area contributed by atoms with Crippen molar-refractivity contribution in [3.05, 3.63) is 0 Å². The van der Waals surface area contributed by atoms with Crippen LogP contribution in [0, 0.1) is 0 Å². The van der Waals surface area contributed by atoms with Crippen molar-refractivity contribution in [2.45, 2.75) is 19.4 Å². The Morgan fingerprint density at radius 2 is 1.83 bits per heavy atom. The number of carboxylic acid groups (broad SMARTS) is 2. The summed E-state index contributed by atoms with van der Waals surface area (Å²) < 4.78 is 4.52. The number of esters is 1. The minimum Gasteiger partial charge on any atom is -0.481 e. The molecule has 9 nitrogen and oxygen atoms in total. The average molecular weight is 262 g/mol. The van der Waals surface area contributed by atoms with Crippen LogP contribution < -0.4 is 10.6 Å². The fraction of sp³-hybridized carbons (Fsp3) is 0.556. The third-order valence-corrected chi connectivity index (χ3v) is 1.68. The summed E-state index contributed by atoms with van der Waals surface area (Å²) in [4.78, 5) is 43.0. The van der Waals surface area contributed by atoms with Crippen molar-refractivity contribution in [2.75, 3.05) is 13.2 Å². The van der Waals surface area contributed by atoms with E-state index in [1.165, 1.54) is 0 Å². The highest BCUT2D eigenvalue weighted by Gasteiger charge is 2.23. The molecule has 0 rings (SSSR count). The topological polar surface area (TPSA) is 142 Å². The molecule has 9 heteroatoms. The molecular weight excluding hydrogens is 248 g/mol. The molecule has 1 atom stereocenters. The van der Waals surface area contributed by atoms with Crippen molar-refractivity contribution in [1.82, 2.24) is 10.6 Å². The molecule has 0 fully saturated rings. The number of hydrogen-bond donors (Lipinski definition) is 4. The molecule has 0 aromatic heterocycles. The molecule has 0 aliphatic rings. The number of rotatable bonds is 7. The lowest BCUT2D eigenvalue weighted by molar-refractivity contribution is -0.145. The average Bonchev–Trinajstić information content (AvgIpc) is 2.25. The first kappa shape index (κ1) is 15.7. The molecule has 0 aromatic rings. The van der Waals surface area contributed by atoms with Crippen molar-refractivity contribution in [3.8, 4) is 0 Å². The molecule has 0 saturated carbocycles. The van der Waals surface area contributed by atoms with E-state index in [0.717, 1.165) is 0 Å². The van der Waals surface area contributed by atoms with Crippen LogP contribution in [-0.2, 0) is 19.1 Å². The Hall–Kier alpha value is -2.32. The molecule has 2 amide bonds. The molecule has 0 aromatic carbocycles. The van der Waals surface area contributed by atoms with E-state index < -0.39 is 42.9 Å². The van der Waals surface area contributed by atoms with Gasteiger partial charge >= 0.3 is 23.9 Å². The van der Waals surface area contributed by atoms with Gasteiger partial charge in [0.2, 0.25) is 0 Å². The highest BCUT2D eigenvalue weighted by Crippen LogP contribution is 1.92. The summed E-state index contributed by atoms with van der Waals surface area (Å²) in [6.45, 7) is 1.31. The number of ether oxygens (including phenoxy) is 1. The molecule has 0 saturated heterocycles. The molecule has 0 radical (unpaired) electrons. The van der Waals surface area contributed by atoms with E-state index in [1.807, 2.05) is 10.6 Å². The van der Waals surface area contributed by atoms with Crippen LogP contribution in [-0.4, -0.2) is 53.3 Å². The van der Waals surface area contributed by atoms with E-state index in [9.17, 15) is 19.2 Å². The molecule has 18 heavy (non-hydrogen) atoms. The molecule has 102 valence electrons. The van der Waals surface area contributed by atoms with Crippen LogP contribution >= 0.6 is 0 Å². The van der Waals surface area contributed by atoms with Gasteiger partial charge in [0.15, 0.2) is 0 Å². The van der Waals surface area contributed by atoms with Gasteiger partial charge in [-0.15, -0.1) is 0 Å². The number of aliphatic carboxylic acids is 2. The van der Waals surface area contributed by atoms with Crippen LogP contribution in [0.3, 0.4) is 0 Å². The van der Waals surface area contributed by atoms with Gasteiger partial charge in [-0.1, -0.05) is 0 Å². The van der Waals surface area contributed by atoms with Crippen LogP contribution in [0.25, 0.3) is 0 Å². The molecule has 0 aliphatic carbocycles. The largest absolute Gasteiger partial charge is 0.481 e. The zero-order valence-corrected chi connectivity index (χ0v) is 9.63. The van der Waals surface area contributed by atoms with Gasteiger partial charge in [0.1, 0.15) is 12.6 Å². The zero-order valence-electron chi connectivity index (χ0n) is 9.63. The van der Waals surface area contributed by atoms with Crippen molar-refractivity contribution in [2.24, 2.45) is 0 Å². The Morgan fingerprint density at radius 1 is 1.22 bits per heavy atom. The molecule has 1 unspecified atom stereocenters. The van der Waals surface area contributed by atoms with Gasteiger partial charge in [-0.25, -0.2) is 9.59 Å². The molecule has 4 N–H and O–H groups in total. The maximum absolute atomic E-state index is 11.2. The van der Waals surface area contributed by atoms with Crippen molar-refractivity contribution in [3.63, 3.8) is 0 Å². The summed E-state index contributed by atoms with van der Waals surface area (Å²) in [6.07, 6.45) is -0.762.